The normalized spacial score (nSPS) is 25.4. The molecule has 6 heteroatoms. The van der Waals surface area contributed by atoms with Crippen LogP contribution in [0.4, 0.5) is 5.69 Å². The van der Waals surface area contributed by atoms with E-state index in [0.29, 0.717) is 19.5 Å². The van der Waals surface area contributed by atoms with Crippen molar-refractivity contribution >= 4 is 15.7 Å². The van der Waals surface area contributed by atoms with Crippen molar-refractivity contribution in [2.24, 2.45) is 5.92 Å². The summed E-state index contributed by atoms with van der Waals surface area (Å²) >= 11 is 0. The molecule has 20 heavy (non-hydrogen) atoms. The van der Waals surface area contributed by atoms with Crippen LogP contribution in [0.2, 0.25) is 0 Å². The van der Waals surface area contributed by atoms with E-state index in [-0.39, 0.29) is 12.5 Å². The molecule has 1 aliphatic rings. The second-order valence-electron chi connectivity index (χ2n) is 5.29. The van der Waals surface area contributed by atoms with Gasteiger partial charge in [-0.15, -0.1) is 0 Å². The van der Waals surface area contributed by atoms with E-state index in [1.54, 1.807) is 7.11 Å². The number of benzene rings is 1. The van der Waals surface area contributed by atoms with Gasteiger partial charge in [-0.05, 0) is 24.5 Å². The Kier molecular flexibility index (Phi) is 4.67. The molecule has 2 rings (SSSR count). The molecule has 1 aromatic rings. The summed E-state index contributed by atoms with van der Waals surface area (Å²) in [6, 6.07) is 9.71. The predicted octanol–water partition coefficient (Wildman–Crippen LogP) is 1.44. The molecule has 0 radical (unpaired) electrons. The lowest BCUT2D eigenvalue weighted by molar-refractivity contribution is 0.188. The van der Waals surface area contributed by atoms with Crippen LogP contribution >= 0.6 is 0 Å². The number of ether oxygens (including phenoxy) is 1. The molecule has 0 spiro atoms. The van der Waals surface area contributed by atoms with Gasteiger partial charge >= 0.3 is 0 Å². The number of sulfonamides is 1. The average Bonchev–Trinajstić information content (AvgIpc) is 3.09. The van der Waals surface area contributed by atoms with Gasteiger partial charge in [-0.25, -0.2) is 13.1 Å². The van der Waals surface area contributed by atoms with Crippen LogP contribution in [-0.4, -0.2) is 40.0 Å². The Labute approximate surface area is 120 Å². The topological polar surface area (TPSA) is 67.4 Å². The molecule has 0 heterocycles. The molecule has 112 valence electrons. The SMILES string of the molecule is COC[C@]1(S(=O)(=O)NCCNc2ccccc2)C[C@@H]1C. The van der Waals surface area contributed by atoms with E-state index in [4.69, 9.17) is 4.74 Å². The molecule has 0 aromatic heterocycles. The monoisotopic (exact) mass is 298 g/mol. The van der Waals surface area contributed by atoms with E-state index in [0.717, 1.165) is 5.69 Å². The lowest BCUT2D eigenvalue weighted by Gasteiger charge is -2.17. The molecule has 0 saturated heterocycles. The highest BCUT2D eigenvalue weighted by Gasteiger charge is 2.61. The van der Waals surface area contributed by atoms with Gasteiger partial charge in [0.15, 0.2) is 0 Å². The molecule has 0 bridgehead atoms. The van der Waals surface area contributed by atoms with Crippen molar-refractivity contribution in [3.05, 3.63) is 30.3 Å². The Bertz CT molecular complexity index is 533. The van der Waals surface area contributed by atoms with Crippen LogP contribution in [0.15, 0.2) is 30.3 Å². The molecule has 2 atom stereocenters. The molecule has 1 fully saturated rings. The summed E-state index contributed by atoms with van der Waals surface area (Å²) in [5.41, 5.74) is 0.984. The smallest absolute Gasteiger partial charge is 0.219 e. The fraction of sp³-hybridized carbons (Fsp3) is 0.571. The Morgan fingerprint density at radius 3 is 2.50 bits per heavy atom. The van der Waals surface area contributed by atoms with Crippen LogP contribution in [0.5, 0.6) is 0 Å². The van der Waals surface area contributed by atoms with Crippen LogP contribution in [-0.2, 0) is 14.8 Å². The Hall–Kier alpha value is -1.11. The van der Waals surface area contributed by atoms with E-state index in [1.807, 2.05) is 37.3 Å². The van der Waals surface area contributed by atoms with E-state index in [1.165, 1.54) is 0 Å². The van der Waals surface area contributed by atoms with Crippen molar-refractivity contribution in [2.75, 3.05) is 32.1 Å². The molecule has 0 aliphatic heterocycles. The maximum atomic E-state index is 12.3. The van der Waals surface area contributed by atoms with Gasteiger partial charge in [-0.3, -0.25) is 0 Å². The minimum Gasteiger partial charge on any atom is -0.384 e. The van der Waals surface area contributed by atoms with Gasteiger partial charge in [0.2, 0.25) is 10.0 Å². The van der Waals surface area contributed by atoms with Crippen molar-refractivity contribution in [3.63, 3.8) is 0 Å². The number of rotatable bonds is 8. The van der Waals surface area contributed by atoms with Crippen molar-refractivity contribution in [1.29, 1.82) is 0 Å². The van der Waals surface area contributed by atoms with E-state index in [9.17, 15) is 8.42 Å². The fourth-order valence-corrected chi connectivity index (χ4v) is 4.38. The second-order valence-corrected chi connectivity index (χ2v) is 7.40. The third-order valence-electron chi connectivity index (χ3n) is 3.83. The predicted molar refractivity (Wildman–Crippen MR) is 80.2 cm³/mol. The third-order valence-corrected chi connectivity index (χ3v) is 6.17. The highest BCUT2D eigenvalue weighted by Crippen LogP contribution is 2.49. The van der Waals surface area contributed by atoms with E-state index >= 15 is 0 Å². The summed E-state index contributed by atoms with van der Waals surface area (Å²) in [6.07, 6.45) is 0.669. The van der Waals surface area contributed by atoms with Gasteiger partial charge in [0.25, 0.3) is 0 Å². The van der Waals surface area contributed by atoms with Crippen LogP contribution in [0.1, 0.15) is 13.3 Å². The lowest BCUT2D eigenvalue weighted by atomic mass is 10.3. The summed E-state index contributed by atoms with van der Waals surface area (Å²) in [4.78, 5) is 0. The van der Waals surface area contributed by atoms with Gasteiger partial charge in [-0.2, -0.15) is 0 Å². The molecule has 5 nitrogen and oxygen atoms in total. The molecular weight excluding hydrogens is 276 g/mol. The van der Waals surface area contributed by atoms with Crippen molar-refractivity contribution in [1.82, 2.24) is 4.72 Å². The molecule has 0 amide bonds. The molecule has 2 N–H and O–H groups in total. The first-order chi connectivity index (χ1) is 9.52. The van der Waals surface area contributed by atoms with Gasteiger partial charge in [0, 0.05) is 25.9 Å². The lowest BCUT2D eigenvalue weighted by Crippen LogP contribution is -2.42. The Morgan fingerprint density at radius 1 is 1.30 bits per heavy atom. The number of para-hydroxylation sites is 1. The minimum absolute atomic E-state index is 0.155. The molecule has 1 aromatic carbocycles. The average molecular weight is 298 g/mol. The highest BCUT2D eigenvalue weighted by molar-refractivity contribution is 7.91. The highest BCUT2D eigenvalue weighted by atomic mass is 32.2. The maximum absolute atomic E-state index is 12.3. The first-order valence-corrected chi connectivity index (χ1v) is 8.27. The standard InChI is InChI=1S/C14H22N2O3S/c1-12-10-14(12,11-19-2)20(17,18)16-9-8-15-13-6-4-3-5-7-13/h3-7,12,15-16H,8-11H2,1-2H3/t12-,14+/m0/s1. The molecule has 0 unspecified atom stereocenters. The Balaban J connectivity index is 1.81. The van der Waals surface area contributed by atoms with Crippen LogP contribution in [0.25, 0.3) is 0 Å². The van der Waals surface area contributed by atoms with Crippen molar-refractivity contribution < 1.29 is 13.2 Å². The van der Waals surface area contributed by atoms with E-state index < -0.39 is 14.8 Å². The van der Waals surface area contributed by atoms with Crippen molar-refractivity contribution in [2.45, 2.75) is 18.1 Å². The fourth-order valence-electron chi connectivity index (χ4n) is 2.45. The van der Waals surface area contributed by atoms with Gasteiger partial charge in [0.05, 0.1) is 6.61 Å². The number of hydrogen-bond acceptors (Lipinski definition) is 4. The van der Waals surface area contributed by atoms with Gasteiger partial charge < -0.3 is 10.1 Å². The summed E-state index contributed by atoms with van der Waals surface area (Å²) < 4.78 is 31.6. The second kappa shape index (κ2) is 6.11. The first-order valence-electron chi connectivity index (χ1n) is 6.79. The largest absolute Gasteiger partial charge is 0.384 e. The third kappa shape index (κ3) is 3.13. The number of hydrogen-bond donors (Lipinski definition) is 2. The van der Waals surface area contributed by atoms with Gasteiger partial charge in [-0.1, -0.05) is 25.1 Å². The number of methoxy groups -OCH3 is 1. The quantitative estimate of drug-likeness (QED) is 0.713. The van der Waals surface area contributed by atoms with Crippen LogP contribution in [0.3, 0.4) is 0 Å². The zero-order valence-corrected chi connectivity index (χ0v) is 12.7. The zero-order valence-electron chi connectivity index (χ0n) is 11.9. The zero-order chi connectivity index (χ0) is 14.6. The van der Waals surface area contributed by atoms with Crippen molar-refractivity contribution in [3.8, 4) is 0 Å². The number of nitrogens with one attached hydrogen (secondary N) is 2. The number of anilines is 1. The summed E-state index contributed by atoms with van der Waals surface area (Å²) in [5.74, 6) is 0.155. The Morgan fingerprint density at radius 2 is 1.95 bits per heavy atom. The molecular formula is C14H22N2O3S. The summed E-state index contributed by atoms with van der Waals surface area (Å²) in [6.45, 7) is 3.13. The molecule has 1 aliphatic carbocycles. The van der Waals surface area contributed by atoms with Crippen LogP contribution in [0, 0.1) is 5.92 Å². The van der Waals surface area contributed by atoms with E-state index in [2.05, 4.69) is 10.0 Å². The summed E-state index contributed by atoms with van der Waals surface area (Å²) in [7, 11) is -1.79. The minimum atomic E-state index is -3.33. The van der Waals surface area contributed by atoms with Gasteiger partial charge in [0.1, 0.15) is 4.75 Å². The first kappa shape index (κ1) is 15.3. The maximum Gasteiger partial charge on any atom is 0.219 e. The molecule has 1 saturated carbocycles. The van der Waals surface area contributed by atoms with Crippen LogP contribution < -0.4 is 10.0 Å². The summed E-state index contributed by atoms with van der Waals surface area (Å²) in [5, 5.41) is 3.17.